The number of hydrogen-bond acceptors (Lipinski definition) is 4. The van der Waals surface area contributed by atoms with Crippen molar-refractivity contribution in [2.24, 2.45) is 0 Å². The fraction of sp³-hybridized carbons (Fsp3) is 0.250. The van der Waals surface area contributed by atoms with Crippen molar-refractivity contribution in [2.75, 3.05) is 6.61 Å². The Morgan fingerprint density at radius 1 is 1.26 bits per heavy atom. The van der Waals surface area contributed by atoms with Gasteiger partial charge in [0.05, 0.1) is 0 Å². The van der Waals surface area contributed by atoms with Crippen molar-refractivity contribution in [3.8, 4) is 5.75 Å². The highest BCUT2D eigenvalue weighted by Gasteiger charge is 2.16. The van der Waals surface area contributed by atoms with Crippen molar-refractivity contribution in [1.29, 1.82) is 0 Å². The summed E-state index contributed by atoms with van der Waals surface area (Å²) in [4.78, 5) is 31.4. The number of nitrogens with one attached hydrogen (secondary N) is 1. The van der Waals surface area contributed by atoms with E-state index in [-0.39, 0.29) is 6.42 Å². The van der Waals surface area contributed by atoms with E-state index in [9.17, 15) is 14.4 Å². The fourth-order valence-electron chi connectivity index (χ4n) is 1.40. The Bertz CT molecular complexity index is 456. The molecule has 0 spiro atoms. The summed E-state index contributed by atoms with van der Waals surface area (Å²) >= 11 is 0. The second-order valence-corrected chi connectivity index (χ2v) is 3.71. The first-order valence-corrected chi connectivity index (χ1v) is 5.39. The molecule has 1 unspecified atom stereocenters. The molecule has 0 heterocycles. The molecule has 19 heavy (non-hydrogen) atoms. The topological polar surface area (TPSA) is 113 Å². The van der Waals surface area contributed by atoms with E-state index in [1.54, 1.807) is 12.1 Å². The van der Waals surface area contributed by atoms with E-state index >= 15 is 0 Å². The van der Waals surface area contributed by atoms with Crippen LogP contribution in [0.15, 0.2) is 24.3 Å². The third-order valence-corrected chi connectivity index (χ3v) is 2.29. The predicted octanol–water partition coefficient (Wildman–Crippen LogP) is -0.108. The first kappa shape index (κ1) is 14.5. The summed E-state index contributed by atoms with van der Waals surface area (Å²) in [5.41, 5.74) is 0.685. The Kier molecular flexibility index (Phi) is 5.34. The Hall–Kier alpha value is -2.57. The lowest BCUT2D eigenvalue weighted by molar-refractivity contribution is -0.140. The molecule has 1 atom stereocenters. The van der Waals surface area contributed by atoms with Crippen LogP contribution >= 0.6 is 0 Å². The number of carbonyl (C=O) groups is 3. The summed E-state index contributed by atoms with van der Waals surface area (Å²) in [6.45, 7) is -0.441. The minimum absolute atomic E-state index is 0.132. The number of carboxylic acids is 2. The van der Waals surface area contributed by atoms with Gasteiger partial charge in [0.25, 0.3) is 0 Å². The van der Waals surface area contributed by atoms with Gasteiger partial charge in [0.2, 0.25) is 6.41 Å². The van der Waals surface area contributed by atoms with Crippen LogP contribution in [-0.2, 0) is 20.8 Å². The van der Waals surface area contributed by atoms with Gasteiger partial charge in [0.1, 0.15) is 11.8 Å². The van der Waals surface area contributed by atoms with Gasteiger partial charge in [-0.3, -0.25) is 4.79 Å². The highest BCUT2D eigenvalue weighted by atomic mass is 16.5. The maximum absolute atomic E-state index is 10.8. The van der Waals surface area contributed by atoms with Crippen molar-refractivity contribution in [2.45, 2.75) is 12.5 Å². The summed E-state index contributed by atoms with van der Waals surface area (Å²) in [7, 11) is 0. The van der Waals surface area contributed by atoms with E-state index < -0.39 is 24.6 Å². The van der Waals surface area contributed by atoms with Crippen LogP contribution in [-0.4, -0.2) is 41.2 Å². The fourth-order valence-corrected chi connectivity index (χ4v) is 1.40. The lowest BCUT2D eigenvalue weighted by atomic mass is 10.1. The second kappa shape index (κ2) is 7.00. The summed E-state index contributed by atoms with van der Waals surface area (Å²) < 4.78 is 4.93. The molecule has 1 rings (SSSR count). The third-order valence-electron chi connectivity index (χ3n) is 2.29. The third kappa shape index (κ3) is 5.07. The summed E-state index contributed by atoms with van der Waals surface area (Å²) in [5, 5.41) is 19.5. The highest BCUT2D eigenvalue weighted by molar-refractivity contribution is 5.76. The zero-order valence-corrected chi connectivity index (χ0v) is 9.91. The molecule has 0 saturated heterocycles. The zero-order chi connectivity index (χ0) is 14.3. The lowest BCUT2D eigenvalue weighted by Crippen LogP contribution is -2.37. The molecular weight excluding hydrogens is 254 g/mol. The Balaban J connectivity index is 2.62. The molecule has 0 aliphatic rings. The lowest BCUT2D eigenvalue weighted by Gasteiger charge is -2.11. The SMILES string of the molecule is O=CNC(Cc1ccc(OCC(=O)O)cc1)C(=O)O. The molecule has 1 amide bonds. The molecule has 102 valence electrons. The van der Waals surface area contributed by atoms with E-state index in [1.807, 2.05) is 0 Å². The van der Waals surface area contributed by atoms with Crippen molar-refractivity contribution < 1.29 is 29.3 Å². The molecule has 1 aromatic carbocycles. The van der Waals surface area contributed by atoms with Gasteiger partial charge < -0.3 is 20.3 Å². The molecule has 0 aliphatic heterocycles. The number of benzene rings is 1. The molecular formula is C12H13NO6. The number of hydrogen-bond donors (Lipinski definition) is 3. The van der Waals surface area contributed by atoms with Crippen LogP contribution in [0, 0.1) is 0 Å². The standard InChI is InChI=1S/C12H13NO6/c14-7-13-10(12(17)18)5-8-1-3-9(4-2-8)19-6-11(15)16/h1-4,7,10H,5-6H2,(H,13,14)(H,15,16)(H,17,18). The summed E-state index contributed by atoms with van der Waals surface area (Å²) in [6, 6.07) is 5.30. The van der Waals surface area contributed by atoms with Gasteiger partial charge in [-0.1, -0.05) is 12.1 Å². The van der Waals surface area contributed by atoms with Gasteiger partial charge in [-0.05, 0) is 17.7 Å². The van der Waals surface area contributed by atoms with E-state index in [0.717, 1.165) is 0 Å². The molecule has 1 aromatic rings. The molecule has 3 N–H and O–H groups in total. The van der Waals surface area contributed by atoms with Gasteiger partial charge >= 0.3 is 11.9 Å². The number of carbonyl (C=O) groups excluding carboxylic acids is 1. The maximum Gasteiger partial charge on any atom is 0.341 e. The number of rotatable bonds is 8. The van der Waals surface area contributed by atoms with Crippen molar-refractivity contribution in [3.05, 3.63) is 29.8 Å². The molecule has 7 heteroatoms. The van der Waals surface area contributed by atoms with Crippen molar-refractivity contribution >= 4 is 18.3 Å². The number of aliphatic carboxylic acids is 2. The number of ether oxygens (including phenoxy) is 1. The predicted molar refractivity (Wildman–Crippen MR) is 63.9 cm³/mol. The van der Waals surface area contributed by atoms with Crippen LogP contribution < -0.4 is 10.1 Å². The summed E-state index contributed by atoms with van der Waals surface area (Å²) in [5.74, 6) is -1.83. The normalized spacial score (nSPS) is 11.4. The van der Waals surface area contributed by atoms with Crippen LogP contribution in [0.1, 0.15) is 5.56 Å². The van der Waals surface area contributed by atoms with Gasteiger partial charge in [-0.2, -0.15) is 0 Å². The Morgan fingerprint density at radius 3 is 2.37 bits per heavy atom. The molecule has 0 aromatic heterocycles. The van der Waals surface area contributed by atoms with Crippen LogP contribution in [0.2, 0.25) is 0 Å². The highest BCUT2D eigenvalue weighted by Crippen LogP contribution is 2.13. The van der Waals surface area contributed by atoms with Gasteiger partial charge in [0.15, 0.2) is 6.61 Å². The average molecular weight is 267 g/mol. The smallest absolute Gasteiger partial charge is 0.341 e. The Labute approximate surface area is 108 Å². The van der Waals surface area contributed by atoms with Gasteiger partial charge in [-0.15, -0.1) is 0 Å². The monoisotopic (exact) mass is 267 g/mol. The van der Waals surface area contributed by atoms with E-state index in [4.69, 9.17) is 14.9 Å². The van der Waals surface area contributed by atoms with Crippen molar-refractivity contribution in [1.82, 2.24) is 5.32 Å². The van der Waals surface area contributed by atoms with Gasteiger partial charge in [0, 0.05) is 6.42 Å². The molecule has 7 nitrogen and oxygen atoms in total. The first-order chi connectivity index (χ1) is 9.02. The molecule has 0 radical (unpaired) electrons. The molecule has 0 aliphatic carbocycles. The Morgan fingerprint density at radius 2 is 1.89 bits per heavy atom. The minimum Gasteiger partial charge on any atom is -0.482 e. The van der Waals surface area contributed by atoms with Crippen molar-refractivity contribution in [3.63, 3.8) is 0 Å². The second-order valence-electron chi connectivity index (χ2n) is 3.71. The summed E-state index contributed by atoms with van der Waals surface area (Å²) in [6.07, 6.45) is 0.469. The van der Waals surface area contributed by atoms with Crippen LogP contribution in [0.25, 0.3) is 0 Å². The van der Waals surface area contributed by atoms with Gasteiger partial charge in [-0.25, -0.2) is 9.59 Å². The largest absolute Gasteiger partial charge is 0.482 e. The van der Waals surface area contributed by atoms with Crippen LogP contribution in [0.5, 0.6) is 5.75 Å². The van der Waals surface area contributed by atoms with E-state index in [0.29, 0.717) is 17.7 Å². The average Bonchev–Trinajstić information content (AvgIpc) is 2.37. The zero-order valence-electron chi connectivity index (χ0n) is 9.91. The van der Waals surface area contributed by atoms with Crippen LogP contribution in [0.3, 0.4) is 0 Å². The quantitative estimate of drug-likeness (QED) is 0.566. The first-order valence-electron chi connectivity index (χ1n) is 5.39. The van der Waals surface area contributed by atoms with E-state index in [1.165, 1.54) is 12.1 Å². The number of carboxylic acid groups (broad SMARTS) is 2. The molecule has 0 saturated carbocycles. The molecule has 0 fully saturated rings. The number of amides is 1. The maximum atomic E-state index is 10.8. The van der Waals surface area contributed by atoms with Crippen LogP contribution in [0.4, 0.5) is 0 Å². The minimum atomic E-state index is -1.13. The molecule has 0 bridgehead atoms. The van der Waals surface area contributed by atoms with E-state index in [2.05, 4.69) is 5.32 Å².